The van der Waals surface area contributed by atoms with Crippen molar-refractivity contribution in [3.05, 3.63) is 42.3 Å². The summed E-state index contributed by atoms with van der Waals surface area (Å²) in [5.74, 6) is 0.836. The van der Waals surface area contributed by atoms with Gasteiger partial charge in [0.15, 0.2) is 0 Å². The number of methoxy groups -OCH3 is 1. The van der Waals surface area contributed by atoms with Gasteiger partial charge < -0.3 is 4.74 Å². The smallest absolute Gasteiger partial charge is 0.122 e. The van der Waals surface area contributed by atoms with Crippen molar-refractivity contribution < 1.29 is 4.74 Å². The quantitative estimate of drug-likeness (QED) is 0.682. The first kappa shape index (κ1) is 10.5. The van der Waals surface area contributed by atoms with Gasteiger partial charge in [-0.3, -0.25) is 4.98 Å². The molecule has 1 aromatic rings. The summed E-state index contributed by atoms with van der Waals surface area (Å²) in [6, 6.07) is 3.77. The minimum atomic E-state index is 0.836. The molecule has 0 aromatic carbocycles. The first-order valence-electron chi connectivity index (χ1n) is 4.58. The Balaban J connectivity index is 2.95. The van der Waals surface area contributed by atoms with Gasteiger partial charge in [-0.15, -0.1) is 0 Å². The van der Waals surface area contributed by atoms with Crippen LogP contribution < -0.4 is 4.74 Å². The van der Waals surface area contributed by atoms with E-state index in [1.54, 1.807) is 13.3 Å². The van der Waals surface area contributed by atoms with E-state index in [4.69, 9.17) is 4.74 Å². The van der Waals surface area contributed by atoms with Crippen LogP contribution in [-0.4, -0.2) is 12.1 Å². The average molecular weight is 189 g/mol. The van der Waals surface area contributed by atoms with Crippen molar-refractivity contribution in [2.24, 2.45) is 0 Å². The second-order valence-corrected chi connectivity index (χ2v) is 2.96. The number of ether oxygens (including phenoxy) is 1. The van der Waals surface area contributed by atoms with Crippen LogP contribution in [0.1, 0.15) is 19.5 Å². The van der Waals surface area contributed by atoms with Gasteiger partial charge >= 0.3 is 0 Å². The van der Waals surface area contributed by atoms with Crippen molar-refractivity contribution in [1.82, 2.24) is 4.98 Å². The first-order valence-corrected chi connectivity index (χ1v) is 4.58. The van der Waals surface area contributed by atoms with E-state index in [1.807, 2.05) is 44.2 Å². The van der Waals surface area contributed by atoms with E-state index < -0.39 is 0 Å². The first-order chi connectivity index (χ1) is 6.77. The molecule has 1 rings (SSSR count). The number of nitrogens with zero attached hydrogens (tertiary/aromatic N) is 1. The Labute approximate surface area is 84.9 Å². The largest absolute Gasteiger partial charge is 0.497 e. The Morgan fingerprint density at radius 1 is 1.50 bits per heavy atom. The van der Waals surface area contributed by atoms with Crippen LogP contribution in [0.3, 0.4) is 0 Å². The highest BCUT2D eigenvalue weighted by Crippen LogP contribution is 2.16. The van der Waals surface area contributed by atoms with Gasteiger partial charge in [0.2, 0.25) is 0 Å². The lowest BCUT2D eigenvalue weighted by atomic mass is 10.2. The minimum absolute atomic E-state index is 0.836. The molecule has 0 N–H and O–H groups in total. The summed E-state index contributed by atoms with van der Waals surface area (Å²) >= 11 is 0. The maximum atomic E-state index is 5.12. The van der Waals surface area contributed by atoms with E-state index in [-0.39, 0.29) is 0 Å². The normalized spacial score (nSPS) is 12.1. The lowest BCUT2D eigenvalue weighted by molar-refractivity contribution is 0.414. The van der Waals surface area contributed by atoms with E-state index in [0.717, 1.165) is 17.0 Å². The molecular formula is C12H15NO. The maximum absolute atomic E-state index is 5.12. The summed E-state index contributed by atoms with van der Waals surface area (Å²) in [6.07, 6.45) is 7.77. The van der Waals surface area contributed by atoms with Gasteiger partial charge in [0.05, 0.1) is 12.8 Å². The number of aromatic nitrogens is 1. The Morgan fingerprint density at radius 2 is 2.29 bits per heavy atom. The van der Waals surface area contributed by atoms with Gasteiger partial charge in [-0.1, -0.05) is 18.2 Å². The van der Waals surface area contributed by atoms with E-state index in [2.05, 4.69) is 4.98 Å². The second kappa shape index (κ2) is 5.22. The third-order valence-corrected chi connectivity index (χ3v) is 1.91. The van der Waals surface area contributed by atoms with Crippen LogP contribution in [0.25, 0.3) is 5.57 Å². The molecule has 74 valence electrons. The highest BCUT2D eigenvalue weighted by atomic mass is 16.5. The Kier molecular flexibility index (Phi) is 3.92. The molecule has 0 saturated heterocycles. The number of pyridine rings is 1. The SMILES string of the molecule is C/C=C\C=C(/C)c1cc(OC)ccn1. The van der Waals surface area contributed by atoms with E-state index in [9.17, 15) is 0 Å². The van der Waals surface area contributed by atoms with Crippen molar-refractivity contribution in [2.45, 2.75) is 13.8 Å². The number of hydrogen-bond donors (Lipinski definition) is 0. The van der Waals surface area contributed by atoms with Crippen LogP contribution in [0.4, 0.5) is 0 Å². The molecule has 0 bridgehead atoms. The average Bonchev–Trinajstić information content (AvgIpc) is 2.26. The molecular weight excluding hydrogens is 174 g/mol. The lowest BCUT2D eigenvalue weighted by Gasteiger charge is -2.02. The highest BCUT2D eigenvalue weighted by molar-refractivity contribution is 5.63. The Hall–Kier alpha value is -1.57. The molecule has 0 aliphatic carbocycles. The molecule has 0 aliphatic heterocycles. The van der Waals surface area contributed by atoms with Crippen LogP contribution >= 0.6 is 0 Å². The maximum Gasteiger partial charge on any atom is 0.122 e. The topological polar surface area (TPSA) is 22.1 Å². The number of allylic oxidation sites excluding steroid dienone is 4. The van der Waals surface area contributed by atoms with Gasteiger partial charge in [0, 0.05) is 12.3 Å². The molecule has 0 amide bonds. The molecule has 0 unspecified atom stereocenters. The van der Waals surface area contributed by atoms with Crippen molar-refractivity contribution in [3.8, 4) is 5.75 Å². The third kappa shape index (κ3) is 2.73. The molecule has 1 heterocycles. The predicted molar refractivity (Wildman–Crippen MR) is 59.3 cm³/mol. The Morgan fingerprint density at radius 3 is 2.93 bits per heavy atom. The summed E-state index contributed by atoms with van der Waals surface area (Å²) in [7, 11) is 1.66. The monoisotopic (exact) mass is 189 g/mol. The van der Waals surface area contributed by atoms with Crippen LogP contribution in [0.15, 0.2) is 36.6 Å². The molecule has 0 saturated carbocycles. The fraction of sp³-hybridized carbons (Fsp3) is 0.250. The fourth-order valence-corrected chi connectivity index (χ4v) is 1.08. The van der Waals surface area contributed by atoms with Gasteiger partial charge in [-0.05, 0) is 25.5 Å². The predicted octanol–water partition coefficient (Wildman–Crippen LogP) is 3.07. The van der Waals surface area contributed by atoms with Crippen LogP contribution in [0, 0.1) is 0 Å². The van der Waals surface area contributed by atoms with Gasteiger partial charge in [0.1, 0.15) is 5.75 Å². The molecule has 2 heteroatoms. The zero-order valence-electron chi connectivity index (χ0n) is 8.82. The molecule has 2 nitrogen and oxygen atoms in total. The second-order valence-electron chi connectivity index (χ2n) is 2.96. The summed E-state index contributed by atoms with van der Waals surface area (Å²) in [6.45, 7) is 4.02. The lowest BCUT2D eigenvalue weighted by Crippen LogP contribution is -1.88. The summed E-state index contributed by atoms with van der Waals surface area (Å²) < 4.78 is 5.12. The van der Waals surface area contributed by atoms with Crippen molar-refractivity contribution >= 4 is 5.57 Å². The van der Waals surface area contributed by atoms with Crippen molar-refractivity contribution in [2.75, 3.05) is 7.11 Å². The molecule has 0 aliphatic rings. The van der Waals surface area contributed by atoms with E-state index >= 15 is 0 Å². The molecule has 0 atom stereocenters. The summed E-state index contributed by atoms with van der Waals surface area (Å²) in [5, 5.41) is 0. The zero-order valence-corrected chi connectivity index (χ0v) is 8.82. The summed E-state index contributed by atoms with van der Waals surface area (Å²) in [4.78, 5) is 4.26. The van der Waals surface area contributed by atoms with Gasteiger partial charge in [0.25, 0.3) is 0 Å². The third-order valence-electron chi connectivity index (χ3n) is 1.91. The van der Waals surface area contributed by atoms with Crippen LogP contribution in [0.5, 0.6) is 5.75 Å². The number of hydrogen-bond acceptors (Lipinski definition) is 2. The van der Waals surface area contributed by atoms with Crippen LogP contribution in [0.2, 0.25) is 0 Å². The minimum Gasteiger partial charge on any atom is -0.497 e. The number of rotatable bonds is 3. The van der Waals surface area contributed by atoms with Gasteiger partial charge in [-0.2, -0.15) is 0 Å². The molecule has 1 aromatic heterocycles. The van der Waals surface area contributed by atoms with Crippen molar-refractivity contribution in [3.63, 3.8) is 0 Å². The van der Waals surface area contributed by atoms with Gasteiger partial charge in [-0.25, -0.2) is 0 Å². The van der Waals surface area contributed by atoms with Crippen molar-refractivity contribution in [1.29, 1.82) is 0 Å². The Bertz CT molecular complexity index is 353. The standard InChI is InChI=1S/C12H15NO/c1-4-5-6-10(2)12-9-11(14-3)7-8-13-12/h4-9H,1-3H3/b5-4-,10-6+. The fourth-order valence-electron chi connectivity index (χ4n) is 1.08. The van der Waals surface area contributed by atoms with E-state index in [0.29, 0.717) is 0 Å². The zero-order chi connectivity index (χ0) is 10.4. The molecule has 0 spiro atoms. The van der Waals surface area contributed by atoms with E-state index in [1.165, 1.54) is 0 Å². The van der Waals surface area contributed by atoms with Crippen LogP contribution in [-0.2, 0) is 0 Å². The summed E-state index contributed by atoms with van der Waals surface area (Å²) in [5.41, 5.74) is 2.07. The highest BCUT2D eigenvalue weighted by Gasteiger charge is 1.97. The molecule has 0 fully saturated rings. The molecule has 14 heavy (non-hydrogen) atoms. The molecule has 0 radical (unpaired) electrons.